The van der Waals surface area contributed by atoms with Crippen LogP contribution in [-0.2, 0) is 9.84 Å². The highest BCUT2D eigenvalue weighted by molar-refractivity contribution is 7.91. The van der Waals surface area contributed by atoms with E-state index in [0.717, 1.165) is 31.3 Å². The van der Waals surface area contributed by atoms with Gasteiger partial charge in [-0.1, -0.05) is 18.6 Å². The zero-order valence-corrected chi connectivity index (χ0v) is 11.4. The molecule has 1 aromatic carbocycles. The largest absolute Gasteiger partial charge is 0.329 e. The van der Waals surface area contributed by atoms with Crippen molar-refractivity contribution >= 4 is 20.9 Å². The van der Waals surface area contributed by atoms with Gasteiger partial charge < -0.3 is 10.3 Å². The van der Waals surface area contributed by atoms with Gasteiger partial charge in [-0.25, -0.2) is 13.4 Å². The predicted octanol–water partition coefficient (Wildman–Crippen LogP) is 1.48. The molecule has 19 heavy (non-hydrogen) atoms. The Morgan fingerprint density at radius 1 is 1.26 bits per heavy atom. The van der Waals surface area contributed by atoms with Gasteiger partial charge in [0.2, 0.25) is 15.0 Å². The number of benzene rings is 1. The summed E-state index contributed by atoms with van der Waals surface area (Å²) in [5.74, 6) is 0.118. The van der Waals surface area contributed by atoms with Crippen LogP contribution in [0.2, 0.25) is 0 Å². The lowest BCUT2D eigenvalue weighted by molar-refractivity contribution is 0.423. The van der Waals surface area contributed by atoms with Crippen molar-refractivity contribution in [1.82, 2.24) is 15.3 Å². The minimum Gasteiger partial charge on any atom is -0.329 e. The van der Waals surface area contributed by atoms with Crippen molar-refractivity contribution in [3.05, 3.63) is 24.3 Å². The highest BCUT2D eigenvalue weighted by Gasteiger charge is 2.25. The summed E-state index contributed by atoms with van der Waals surface area (Å²) < 4.78 is 24.7. The minimum absolute atomic E-state index is 0.0481. The molecule has 0 bridgehead atoms. The summed E-state index contributed by atoms with van der Waals surface area (Å²) in [7, 11) is -3.35. The minimum atomic E-state index is -3.35. The van der Waals surface area contributed by atoms with E-state index < -0.39 is 9.84 Å². The Morgan fingerprint density at radius 2 is 2.11 bits per heavy atom. The van der Waals surface area contributed by atoms with Gasteiger partial charge >= 0.3 is 0 Å². The predicted molar refractivity (Wildman–Crippen MR) is 73.8 cm³/mol. The maximum Gasteiger partial charge on any atom is 0.226 e. The van der Waals surface area contributed by atoms with E-state index in [2.05, 4.69) is 15.3 Å². The molecule has 102 valence electrons. The third kappa shape index (κ3) is 2.64. The molecule has 1 saturated heterocycles. The Morgan fingerprint density at radius 3 is 2.84 bits per heavy atom. The van der Waals surface area contributed by atoms with Crippen LogP contribution in [0.5, 0.6) is 0 Å². The van der Waals surface area contributed by atoms with Crippen molar-refractivity contribution < 1.29 is 8.42 Å². The number of aromatic nitrogens is 2. The maximum absolute atomic E-state index is 12.3. The molecule has 1 aliphatic heterocycles. The lowest BCUT2D eigenvalue weighted by Crippen LogP contribution is -2.39. The summed E-state index contributed by atoms with van der Waals surface area (Å²) in [6.07, 6.45) is 3.13. The molecule has 0 saturated carbocycles. The van der Waals surface area contributed by atoms with Gasteiger partial charge in [-0.2, -0.15) is 0 Å². The second-order valence-corrected chi connectivity index (χ2v) is 6.94. The molecule has 0 aliphatic carbocycles. The number of nitrogens with zero attached hydrogens (tertiary/aromatic N) is 1. The average molecular weight is 279 g/mol. The number of H-pyrrole nitrogens is 1. The molecule has 0 spiro atoms. The van der Waals surface area contributed by atoms with E-state index in [9.17, 15) is 8.42 Å². The van der Waals surface area contributed by atoms with E-state index >= 15 is 0 Å². The van der Waals surface area contributed by atoms with E-state index in [1.807, 2.05) is 24.3 Å². The van der Waals surface area contributed by atoms with Crippen molar-refractivity contribution in [2.45, 2.75) is 30.5 Å². The number of aromatic amines is 1. The van der Waals surface area contributed by atoms with Crippen molar-refractivity contribution in [2.75, 3.05) is 12.3 Å². The second-order valence-electron chi connectivity index (χ2n) is 4.99. The summed E-state index contributed by atoms with van der Waals surface area (Å²) >= 11 is 0. The van der Waals surface area contributed by atoms with Gasteiger partial charge in [-0.05, 0) is 31.5 Å². The standard InChI is InChI=1S/C13H17N3O2S/c17-19(18,9-10-5-3-4-8-14-10)13-15-11-6-1-2-7-12(11)16-13/h1-2,6-7,10,14H,3-5,8-9H2,(H,15,16). The highest BCUT2D eigenvalue weighted by Crippen LogP contribution is 2.17. The van der Waals surface area contributed by atoms with Gasteiger partial charge in [0, 0.05) is 6.04 Å². The van der Waals surface area contributed by atoms with Crippen molar-refractivity contribution in [1.29, 1.82) is 0 Å². The first-order chi connectivity index (χ1) is 9.15. The van der Waals surface area contributed by atoms with Crippen molar-refractivity contribution in [3.8, 4) is 0 Å². The third-order valence-electron chi connectivity index (χ3n) is 3.50. The van der Waals surface area contributed by atoms with Gasteiger partial charge in [0.25, 0.3) is 0 Å². The number of hydrogen-bond acceptors (Lipinski definition) is 4. The molecule has 1 unspecified atom stereocenters. The molecule has 2 aromatic rings. The Bertz CT molecular complexity index is 639. The zero-order valence-electron chi connectivity index (χ0n) is 10.6. The van der Waals surface area contributed by atoms with E-state index in [1.54, 1.807) is 0 Å². The molecule has 5 nitrogen and oxygen atoms in total. The van der Waals surface area contributed by atoms with Gasteiger partial charge in [-0.3, -0.25) is 0 Å². The van der Waals surface area contributed by atoms with Gasteiger partial charge in [-0.15, -0.1) is 0 Å². The van der Waals surface area contributed by atoms with Crippen LogP contribution < -0.4 is 5.32 Å². The number of hydrogen-bond donors (Lipinski definition) is 2. The van der Waals surface area contributed by atoms with Crippen LogP contribution in [0.4, 0.5) is 0 Å². The molecule has 2 N–H and O–H groups in total. The number of fused-ring (bicyclic) bond motifs is 1. The zero-order chi connectivity index (χ0) is 13.3. The van der Waals surface area contributed by atoms with Crippen LogP contribution in [0.1, 0.15) is 19.3 Å². The summed E-state index contributed by atoms with van der Waals surface area (Å²) in [5.41, 5.74) is 1.45. The fraction of sp³-hybridized carbons (Fsp3) is 0.462. The third-order valence-corrected chi connectivity index (χ3v) is 5.12. The summed E-state index contributed by atoms with van der Waals surface area (Å²) in [4.78, 5) is 7.08. The Labute approximate surface area is 112 Å². The lowest BCUT2D eigenvalue weighted by Gasteiger charge is -2.22. The number of sulfone groups is 1. The number of imidazole rings is 1. The van der Waals surface area contributed by atoms with Crippen molar-refractivity contribution in [2.24, 2.45) is 0 Å². The first kappa shape index (κ1) is 12.6. The van der Waals surface area contributed by atoms with Crippen LogP contribution >= 0.6 is 0 Å². The fourth-order valence-corrected chi connectivity index (χ4v) is 3.96. The van der Waals surface area contributed by atoms with Crippen LogP contribution in [-0.4, -0.2) is 36.7 Å². The Balaban J connectivity index is 1.86. The van der Waals surface area contributed by atoms with E-state index in [0.29, 0.717) is 5.52 Å². The summed E-state index contributed by atoms with van der Waals surface area (Å²) in [6.45, 7) is 0.903. The molecular formula is C13H17N3O2S. The molecule has 1 atom stereocenters. The first-order valence-corrected chi connectivity index (χ1v) is 8.21. The molecule has 6 heteroatoms. The lowest BCUT2D eigenvalue weighted by atomic mass is 10.1. The number of piperidine rings is 1. The monoisotopic (exact) mass is 279 g/mol. The first-order valence-electron chi connectivity index (χ1n) is 6.56. The van der Waals surface area contributed by atoms with Crippen LogP contribution in [0.15, 0.2) is 29.4 Å². The molecule has 1 aromatic heterocycles. The smallest absolute Gasteiger partial charge is 0.226 e. The quantitative estimate of drug-likeness (QED) is 0.892. The fourth-order valence-electron chi connectivity index (χ4n) is 2.49. The summed E-state index contributed by atoms with van der Waals surface area (Å²) in [5, 5.41) is 3.34. The molecule has 1 fully saturated rings. The van der Waals surface area contributed by atoms with Crippen LogP contribution in [0, 0.1) is 0 Å². The maximum atomic E-state index is 12.3. The van der Waals surface area contributed by atoms with E-state index in [4.69, 9.17) is 0 Å². The van der Waals surface area contributed by atoms with Gasteiger partial charge in [0.1, 0.15) is 0 Å². The molecule has 2 heterocycles. The summed E-state index contributed by atoms with van der Waals surface area (Å²) in [6, 6.07) is 7.40. The van der Waals surface area contributed by atoms with Gasteiger partial charge in [0.05, 0.1) is 16.8 Å². The normalized spacial score (nSPS) is 20.7. The van der Waals surface area contributed by atoms with E-state index in [1.165, 1.54) is 0 Å². The molecule has 1 aliphatic rings. The number of nitrogens with one attached hydrogen (secondary N) is 2. The van der Waals surface area contributed by atoms with Crippen LogP contribution in [0.3, 0.4) is 0 Å². The molecule has 0 radical (unpaired) electrons. The van der Waals surface area contributed by atoms with Crippen LogP contribution in [0.25, 0.3) is 11.0 Å². The molecule has 0 amide bonds. The Hall–Kier alpha value is -1.40. The Kier molecular flexibility index (Phi) is 3.28. The van der Waals surface area contributed by atoms with Gasteiger partial charge in [0.15, 0.2) is 0 Å². The van der Waals surface area contributed by atoms with E-state index in [-0.39, 0.29) is 17.0 Å². The second kappa shape index (κ2) is 4.94. The topological polar surface area (TPSA) is 74.8 Å². The molecule has 3 rings (SSSR count). The highest BCUT2D eigenvalue weighted by atomic mass is 32.2. The SMILES string of the molecule is O=S(=O)(CC1CCCCN1)c1nc2ccccc2[nH]1. The number of rotatable bonds is 3. The number of para-hydroxylation sites is 2. The average Bonchev–Trinajstić information content (AvgIpc) is 2.84. The molecular weight excluding hydrogens is 262 g/mol. The van der Waals surface area contributed by atoms with Crippen molar-refractivity contribution in [3.63, 3.8) is 0 Å².